The number of alkyl halides is 3. The van der Waals surface area contributed by atoms with E-state index in [-0.39, 0.29) is 12.0 Å². The molecule has 0 amide bonds. The average Bonchev–Trinajstić information content (AvgIpc) is 2.96. The number of hydrogen-bond acceptors (Lipinski definition) is 4. The van der Waals surface area contributed by atoms with Crippen LogP contribution in [-0.4, -0.2) is 16.0 Å². The van der Waals surface area contributed by atoms with Gasteiger partial charge >= 0.3 is 6.18 Å². The van der Waals surface area contributed by atoms with Crippen molar-refractivity contribution in [2.75, 3.05) is 5.73 Å². The Balaban J connectivity index is 1.70. The average molecular weight is 370 g/mol. The van der Waals surface area contributed by atoms with Crippen molar-refractivity contribution in [3.05, 3.63) is 77.2 Å². The van der Waals surface area contributed by atoms with Crippen LogP contribution in [0.1, 0.15) is 28.3 Å². The third-order valence-corrected chi connectivity index (χ3v) is 4.90. The summed E-state index contributed by atoms with van der Waals surface area (Å²) < 4.78 is 38.3. The topological polar surface area (TPSA) is 77.8 Å². The summed E-state index contributed by atoms with van der Waals surface area (Å²) in [5, 5.41) is 0. The van der Waals surface area contributed by atoms with Crippen LogP contribution < -0.4 is 11.5 Å². The molecule has 2 atom stereocenters. The number of halogens is 3. The van der Waals surface area contributed by atoms with E-state index in [2.05, 4.69) is 9.97 Å². The molecule has 1 aliphatic rings. The van der Waals surface area contributed by atoms with Crippen LogP contribution in [0.15, 0.2) is 54.9 Å². The Kier molecular flexibility index (Phi) is 4.11. The zero-order chi connectivity index (χ0) is 19.2. The fraction of sp³-hybridized carbons (Fsp3) is 0.200. The lowest BCUT2D eigenvalue weighted by Crippen LogP contribution is -2.26. The number of aromatic nitrogens is 2. The highest BCUT2D eigenvalue weighted by Gasteiger charge is 2.33. The van der Waals surface area contributed by atoms with Crippen molar-refractivity contribution in [2.45, 2.75) is 24.6 Å². The molecule has 0 saturated carbocycles. The minimum atomic E-state index is -4.36. The fourth-order valence-electron chi connectivity index (χ4n) is 3.62. The van der Waals surface area contributed by atoms with Gasteiger partial charge in [0, 0.05) is 23.2 Å². The van der Waals surface area contributed by atoms with E-state index in [9.17, 15) is 13.2 Å². The molecule has 3 aromatic rings. The van der Waals surface area contributed by atoms with E-state index in [0.717, 1.165) is 29.0 Å². The van der Waals surface area contributed by atoms with E-state index in [1.165, 1.54) is 18.5 Å². The Labute approximate surface area is 154 Å². The van der Waals surface area contributed by atoms with E-state index in [1.807, 2.05) is 18.2 Å². The maximum atomic E-state index is 12.8. The second-order valence-electron chi connectivity index (χ2n) is 6.71. The highest BCUT2D eigenvalue weighted by atomic mass is 19.4. The maximum absolute atomic E-state index is 12.8. The number of hydrogen-bond donors (Lipinski definition) is 2. The quantitative estimate of drug-likeness (QED) is 0.674. The molecule has 0 aliphatic heterocycles. The smallest absolute Gasteiger partial charge is 0.399 e. The Bertz CT molecular complexity index is 983. The molecule has 2 aromatic carbocycles. The molecule has 1 aliphatic carbocycles. The lowest BCUT2D eigenvalue weighted by atomic mass is 9.93. The first-order chi connectivity index (χ1) is 12.8. The summed E-state index contributed by atoms with van der Waals surface area (Å²) in [6, 6.07) is 12.3. The van der Waals surface area contributed by atoms with Crippen LogP contribution in [0.25, 0.3) is 11.3 Å². The zero-order valence-corrected chi connectivity index (χ0v) is 14.2. The normalized spacial score (nSPS) is 19.1. The summed E-state index contributed by atoms with van der Waals surface area (Å²) in [5.74, 6) is -0.100. The van der Waals surface area contributed by atoms with E-state index >= 15 is 0 Å². The van der Waals surface area contributed by atoms with Gasteiger partial charge in [0.25, 0.3) is 0 Å². The minimum absolute atomic E-state index is 0.100. The number of anilines is 1. The number of nitrogens with two attached hydrogens (primary N) is 2. The van der Waals surface area contributed by atoms with Gasteiger partial charge in [-0.1, -0.05) is 18.2 Å². The lowest BCUT2D eigenvalue weighted by Gasteiger charge is -2.17. The molecule has 0 radical (unpaired) electrons. The van der Waals surface area contributed by atoms with Crippen molar-refractivity contribution >= 4 is 5.69 Å². The van der Waals surface area contributed by atoms with E-state index < -0.39 is 11.7 Å². The Hall–Kier alpha value is -2.93. The van der Waals surface area contributed by atoms with Crippen molar-refractivity contribution in [3.8, 4) is 11.3 Å². The summed E-state index contributed by atoms with van der Waals surface area (Å²) >= 11 is 0. The summed E-state index contributed by atoms with van der Waals surface area (Å²) in [5.41, 5.74) is 16.3. The van der Waals surface area contributed by atoms with Gasteiger partial charge in [-0.2, -0.15) is 13.2 Å². The van der Waals surface area contributed by atoms with Crippen LogP contribution in [0.4, 0.5) is 18.9 Å². The SMILES string of the molecule is Nc1ccc2c(c1)CC(N)C2c1cc(-c2ccc(C(F)(F)F)cc2)ncn1. The van der Waals surface area contributed by atoms with Crippen molar-refractivity contribution in [1.82, 2.24) is 9.97 Å². The van der Waals surface area contributed by atoms with Gasteiger partial charge in [-0.05, 0) is 47.9 Å². The number of fused-ring (bicyclic) bond motifs is 1. The fourth-order valence-corrected chi connectivity index (χ4v) is 3.62. The monoisotopic (exact) mass is 370 g/mol. The summed E-state index contributed by atoms with van der Waals surface area (Å²) in [6.45, 7) is 0. The number of rotatable bonds is 2. The van der Waals surface area contributed by atoms with Gasteiger partial charge in [0.1, 0.15) is 6.33 Å². The minimum Gasteiger partial charge on any atom is -0.399 e. The predicted octanol–water partition coefficient (Wildman–Crippen LogP) is 3.76. The Morgan fingerprint density at radius 1 is 0.963 bits per heavy atom. The second-order valence-corrected chi connectivity index (χ2v) is 6.71. The Morgan fingerprint density at radius 3 is 2.41 bits per heavy atom. The van der Waals surface area contributed by atoms with Gasteiger partial charge in [-0.25, -0.2) is 9.97 Å². The third-order valence-electron chi connectivity index (χ3n) is 4.90. The van der Waals surface area contributed by atoms with Crippen LogP contribution in [0, 0.1) is 0 Å². The molecule has 0 spiro atoms. The highest BCUT2D eigenvalue weighted by Crippen LogP contribution is 2.38. The molecule has 4 N–H and O–H groups in total. The molecule has 4 rings (SSSR count). The van der Waals surface area contributed by atoms with Gasteiger partial charge in [0.15, 0.2) is 0 Å². The molecule has 7 heteroatoms. The first-order valence-corrected chi connectivity index (χ1v) is 8.46. The standard InChI is InChI=1S/C20H17F3N4/c21-20(22,23)13-3-1-11(2-4-13)17-9-18(27-10-26-17)19-15-6-5-14(24)7-12(15)8-16(19)25/h1-7,9-10,16,19H,8,24-25H2. The Morgan fingerprint density at radius 2 is 1.70 bits per heavy atom. The predicted molar refractivity (Wildman–Crippen MR) is 96.8 cm³/mol. The van der Waals surface area contributed by atoms with E-state index in [0.29, 0.717) is 23.4 Å². The molecule has 0 fully saturated rings. The molecule has 4 nitrogen and oxygen atoms in total. The molecular weight excluding hydrogens is 353 g/mol. The van der Waals surface area contributed by atoms with Gasteiger partial charge in [-0.3, -0.25) is 0 Å². The number of nitrogens with zero attached hydrogens (tertiary/aromatic N) is 2. The van der Waals surface area contributed by atoms with Crippen LogP contribution in [0.3, 0.4) is 0 Å². The van der Waals surface area contributed by atoms with Gasteiger partial charge in [0.05, 0.1) is 17.0 Å². The highest BCUT2D eigenvalue weighted by molar-refractivity contribution is 5.61. The van der Waals surface area contributed by atoms with Crippen molar-refractivity contribution in [1.29, 1.82) is 0 Å². The van der Waals surface area contributed by atoms with Crippen molar-refractivity contribution in [2.24, 2.45) is 5.73 Å². The molecule has 138 valence electrons. The first kappa shape index (κ1) is 17.5. The molecule has 1 aromatic heterocycles. The van der Waals surface area contributed by atoms with Crippen LogP contribution in [-0.2, 0) is 12.6 Å². The number of benzene rings is 2. The summed E-state index contributed by atoms with van der Waals surface area (Å²) in [7, 11) is 0. The summed E-state index contributed by atoms with van der Waals surface area (Å²) in [4.78, 5) is 8.59. The summed E-state index contributed by atoms with van der Waals surface area (Å²) in [6.07, 6.45) is -2.24. The van der Waals surface area contributed by atoms with Crippen molar-refractivity contribution < 1.29 is 13.2 Å². The lowest BCUT2D eigenvalue weighted by molar-refractivity contribution is -0.137. The molecule has 2 unspecified atom stereocenters. The first-order valence-electron chi connectivity index (χ1n) is 8.46. The van der Waals surface area contributed by atoms with E-state index in [1.54, 1.807) is 6.07 Å². The van der Waals surface area contributed by atoms with Crippen LogP contribution in [0.2, 0.25) is 0 Å². The van der Waals surface area contributed by atoms with Gasteiger partial charge < -0.3 is 11.5 Å². The van der Waals surface area contributed by atoms with Gasteiger partial charge in [-0.15, -0.1) is 0 Å². The van der Waals surface area contributed by atoms with Crippen LogP contribution in [0.5, 0.6) is 0 Å². The third kappa shape index (κ3) is 3.26. The molecule has 27 heavy (non-hydrogen) atoms. The molecule has 1 heterocycles. The molecule has 0 bridgehead atoms. The number of nitrogen functional groups attached to an aromatic ring is 1. The molecule has 0 saturated heterocycles. The largest absolute Gasteiger partial charge is 0.416 e. The van der Waals surface area contributed by atoms with E-state index in [4.69, 9.17) is 11.5 Å². The zero-order valence-electron chi connectivity index (χ0n) is 14.2. The van der Waals surface area contributed by atoms with Crippen LogP contribution >= 0.6 is 0 Å². The second kappa shape index (κ2) is 6.35. The molecular formula is C20H17F3N4. The van der Waals surface area contributed by atoms with Gasteiger partial charge in [0.2, 0.25) is 0 Å². The van der Waals surface area contributed by atoms with Crippen molar-refractivity contribution in [3.63, 3.8) is 0 Å². The maximum Gasteiger partial charge on any atom is 0.416 e.